The summed E-state index contributed by atoms with van der Waals surface area (Å²) < 4.78 is 0. The Morgan fingerprint density at radius 1 is 1.47 bits per heavy atom. The van der Waals surface area contributed by atoms with E-state index < -0.39 is 0 Å². The topological polar surface area (TPSA) is 35.8 Å². The highest BCUT2D eigenvalue weighted by atomic mass is 32.2. The highest BCUT2D eigenvalue weighted by Crippen LogP contribution is 2.38. The molecule has 1 saturated carbocycles. The average Bonchev–Trinajstić information content (AvgIpc) is 2.72. The van der Waals surface area contributed by atoms with E-state index in [0.29, 0.717) is 5.92 Å². The number of nitriles is 1. The fourth-order valence-electron chi connectivity index (χ4n) is 2.59. The molecule has 17 heavy (non-hydrogen) atoms. The van der Waals surface area contributed by atoms with E-state index in [4.69, 9.17) is 0 Å². The van der Waals surface area contributed by atoms with E-state index in [0.717, 1.165) is 17.6 Å². The molecule has 1 fully saturated rings. The van der Waals surface area contributed by atoms with Crippen molar-refractivity contribution in [1.82, 2.24) is 5.32 Å². The van der Waals surface area contributed by atoms with Gasteiger partial charge in [-0.05, 0) is 43.9 Å². The van der Waals surface area contributed by atoms with Crippen molar-refractivity contribution in [2.75, 3.05) is 12.8 Å². The van der Waals surface area contributed by atoms with Gasteiger partial charge in [-0.2, -0.15) is 17.0 Å². The number of hydrogen-bond acceptors (Lipinski definition) is 3. The number of nitrogens with zero attached hydrogens (tertiary/aromatic N) is 1. The molecule has 3 unspecified atom stereocenters. The van der Waals surface area contributed by atoms with Gasteiger partial charge in [0.1, 0.15) is 5.54 Å². The Morgan fingerprint density at radius 2 is 2.18 bits per heavy atom. The molecule has 0 aliphatic heterocycles. The molecule has 0 bridgehead atoms. The highest BCUT2D eigenvalue weighted by Gasteiger charge is 2.41. The number of hydrogen-bond donors (Lipinski definition) is 1. The summed E-state index contributed by atoms with van der Waals surface area (Å²) in [4.78, 5) is 0. The van der Waals surface area contributed by atoms with Gasteiger partial charge >= 0.3 is 0 Å². The molecule has 3 heteroatoms. The van der Waals surface area contributed by atoms with Gasteiger partial charge in [-0.15, -0.1) is 0 Å². The quantitative estimate of drug-likeness (QED) is 0.789. The third-order valence-electron chi connectivity index (χ3n) is 4.25. The lowest BCUT2D eigenvalue weighted by molar-refractivity contribution is 0.332. The van der Waals surface area contributed by atoms with Gasteiger partial charge in [0.2, 0.25) is 0 Å². The van der Waals surface area contributed by atoms with E-state index in [-0.39, 0.29) is 5.54 Å². The van der Waals surface area contributed by atoms with Gasteiger partial charge in [0, 0.05) is 5.25 Å². The first-order valence-electron chi connectivity index (χ1n) is 6.77. The minimum absolute atomic E-state index is 0.234. The summed E-state index contributed by atoms with van der Waals surface area (Å²) >= 11 is 2.06. The summed E-state index contributed by atoms with van der Waals surface area (Å²) in [5.74, 6) is 2.48. The summed E-state index contributed by atoms with van der Waals surface area (Å²) in [6, 6.07) is 2.52. The Balaban J connectivity index is 2.39. The van der Waals surface area contributed by atoms with Crippen molar-refractivity contribution in [1.29, 1.82) is 5.26 Å². The molecule has 0 spiro atoms. The van der Waals surface area contributed by atoms with E-state index >= 15 is 0 Å². The molecule has 0 heterocycles. The molecule has 0 aromatic carbocycles. The van der Waals surface area contributed by atoms with Crippen molar-refractivity contribution in [3.8, 4) is 6.07 Å². The van der Waals surface area contributed by atoms with Gasteiger partial charge in [-0.3, -0.25) is 0 Å². The predicted molar refractivity (Wildman–Crippen MR) is 76.1 cm³/mol. The van der Waals surface area contributed by atoms with Crippen LogP contribution in [0.5, 0.6) is 0 Å². The Kier molecular flexibility index (Phi) is 5.82. The lowest BCUT2D eigenvalue weighted by Crippen LogP contribution is -2.45. The zero-order valence-corrected chi connectivity index (χ0v) is 12.4. The van der Waals surface area contributed by atoms with Crippen molar-refractivity contribution in [3.05, 3.63) is 0 Å². The van der Waals surface area contributed by atoms with Crippen LogP contribution in [0.2, 0.25) is 0 Å². The summed E-state index contributed by atoms with van der Waals surface area (Å²) in [5, 5.41) is 13.4. The molecule has 98 valence electrons. The first-order valence-corrected chi connectivity index (χ1v) is 7.82. The maximum atomic E-state index is 9.36. The van der Waals surface area contributed by atoms with Crippen LogP contribution in [0.15, 0.2) is 0 Å². The van der Waals surface area contributed by atoms with Crippen LogP contribution in [0.3, 0.4) is 0 Å². The minimum atomic E-state index is -0.234. The first-order chi connectivity index (χ1) is 8.05. The van der Waals surface area contributed by atoms with E-state index in [9.17, 15) is 5.26 Å². The summed E-state index contributed by atoms with van der Waals surface area (Å²) in [7, 11) is 1.94. The third kappa shape index (κ3) is 3.63. The lowest BCUT2D eigenvalue weighted by atomic mass is 9.87. The van der Waals surface area contributed by atoms with Crippen molar-refractivity contribution in [2.45, 2.75) is 57.2 Å². The van der Waals surface area contributed by atoms with Crippen molar-refractivity contribution in [3.63, 3.8) is 0 Å². The Labute approximate surface area is 111 Å². The molecule has 0 radical (unpaired) electrons. The van der Waals surface area contributed by atoms with Crippen LogP contribution in [0, 0.1) is 23.2 Å². The average molecular weight is 254 g/mol. The maximum absolute atomic E-state index is 9.36. The summed E-state index contributed by atoms with van der Waals surface area (Å²) in [5.41, 5.74) is -0.234. The number of nitrogens with one attached hydrogen (secondary N) is 1. The molecule has 0 amide bonds. The van der Waals surface area contributed by atoms with Gasteiger partial charge < -0.3 is 5.32 Å². The van der Waals surface area contributed by atoms with Crippen molar-refractivity contribution >= 4 is 11.8 Å². The normalized spacial score (nSPS) is 30.5. The Hall–Kier alpha value is -0.200. The molecule has 0 aromatic rings. The second kappa shape index (κ2) is 6.66. The monoisotopic (exact) mass is 254 g/mol. The van der Waals surface area contributed by atoms with Crippen LogP contribution >= 0.6 is 11.8 Å². The molecule has 0 saturated heterocycles. The van der Waals surface area contributed by atoms with Crippen LogP contribution in [0.25, 0.3) is 0 Å². The molecule has 1 rings (SSSR count). The van der Waals surface area contributed by atoms with Crippen LogP contribution in [0.1, 0.15) is 46.5 Å². The molecule has 0 aromatic heterocycles. The minimum Gasteiger partial charge on any atom is -0.302 e. The molecule has 1 aliphatic carbocycles. The van der Waals surface area contributed by atoms with Gasteiger partial charge in [-0.25, -0.2) is 0 Å². The molecule has 2 nitrogen and oxygen atoms in total. The number of rotatable bonds is 6. The standard InChI is InChI=1S/C14H26N2S/c1-11(2)12(3)17-9-7-13-6-5-8-14(13,10-15)16-4/h11-13,16H,5-9H2,1-4H3. The van der Waals surface area contributed by atoms with E-state index in [2.05, 4.69) is 43.9 Å². The van der Waals surface area contributed by atoms with E-state index in [1.807, 2.05) is 7.05 Å². The van der Waals surface area contributed by atoms with Crippen molar-refractivity contribution < 1.29 is 0 Å². The van der Waals surface area contributed by atoms with Crippen LogP contribution in [0.4, 0.5) is 0 Å². The molecular formula is C14H26N2S. The Morgan fingerprint density at radius 3 is 2.71 bits per heavy atom. The zero-order chi connectivity index (χ0) is 12.9. The van der Waals surface area contributed by atoms with E-state index in [1.165, 1.54) is 25.0 Å². The predicted octanol–water partition coefficient (Wildman–Crippen LogP) is 3.44. The molecule has 3 atom stereocenters. The molecule has 1 aliphatic rings. The SMILES string of the molecule is CNC1(C#N)CCCC1CCSC(C)C(C)C. The van der Waals surface area contributed by atoms with E-state index in [1.54, 1.807) is 0 Å². The fraction of sp³-hybridized carbons (Fsp3) is 0.929. The Bertz CT molecular complexity index is 272. The van der Waals surface area contributed by atoms with Crippen LogP contribution in [-0.4, -0.2) is 23.6 Å². The highest BCUT2D eigenvalue weighted by molar-refractivity contribution is 7.99. The molecule has 1 N–H and O–H groups in total. The lowest BCUT2D eigenvalue weighted by Gasteiger charge is -2.28. The van der Waals surface area contributed by atoms with Crippen LogP contribution in [-0.2, 0) is 0 Å². The van der Waals surface area contributed by atoms with Gasteiger partial charge in [0.25, 0.3) is 0 Å². The largest absolute Gasteiger partial charge is 0.302 e. The van der Waals surface area contributed by atoms with Gasteiger partial charge in [0.15, 0.2) is 0 Å². The summed E-state index contributed by atoms with van der Waals surface area (Å²) in [6.07, 6.45) is 4.61. The van der Waals surface area contributed by atoms with Crippen molar-refractivity contribution in [2.24, 2.45) is 11.8 Å². The smallest absolute Gasteiger partial charge is 0.109 e. The maximum Gasteiger partial charge on any atom is 0.109 e. The summed E-state index contributed by atoms with van der Waals surface area (Å²) in [6.45, 7) is 6.86. The van der Waals surface area contributed by atoms with Crippen LogP contribution < -0.4 is 5.32 Å². The zero-order valence-electron chi connectivity index (χ0n) is 11.6. The van der Waals surface area contributed by atoms with Gasteiger partial charge in [0.05, 0.1) is 6.07 Å². The number of thioether (sulfide) groups is 1. The second-order valence-corrected chi connectivity index (χ2v) is 7.02. The second-order valence-electron chi connectivity index (χ2n) is 5.53. The third-order valence-corrected chi connectivity index (χ3v) is 5.79. The fourth-order valence-corrected chi connectivity index (χ4v) is 3.77. The molecular weight excluding hydrogens is 228 g/mol. The van der Waals surface area contributed by atoms with Gasteiger partial charge in [-0.1, -0.05) is 27.2 Å². The first kappa shape index (κ1) is 14.9.